The molecule has 0 spiro atoms. The standard InChI is InChI=1S/C10H20O2/c1-6-7(2)9(4)12-10(5-11)8(6)3/h6-11H,5H2,1-4H3/t6?,7?,8-,9+,10?/m1/s1. The van der Waals surface area contributed by atoms with E-state index in [0.29, 0.717) is 17.8 Å². The third-order valence-corrected chi connectivity index (χ3v) is 3.55. The van der Waals surface area contributed by atoms with Gasteiger partial charge in [0.15, 0.2) is 0 Å². The highest BCUT2D eigenvalue weighted by atomic mass is 16.5. The van der Waals surface area contributed by atoms with Gasteiger partial charge in [0.25, 0.3) is 0 Å². The zero-order valence-electron chi connectivity index (χ0n) is 8.45. The fourth-order valence-electron chi connectivity index (χ4n) is 1.98. The van der Waals surface area contributed by atoms with E-state index >= 15 is 0 Å². The van der Waals surface area contributed by atoms with Gasteiger partial charge in [-0.15, -0.1) is 0 Å². The zero-order chi connectivity index (χ0) is 9.30. The molecule has 1 aliphatic rings. The molecule has 72 valence electrons. The minimum absolute atomic E-state index is 0.0474. The number of hydrogen-bond donors (Lipinski definition) is 1. The van der Waals surface area contributed by atoms with Crippen molar-refractivity contribution in [1.29, 1.82) is 0 Å². The molecule has 2 heteroatoms. The van der Waals surface area contributed by atoms with E-state index in [1.807, 2.05) is 0 Å². The normalized spacial score (nSPS) is 49.2. The van der Waals surface area contributed by atoms with Gasteiger partial charge in [0.05, 0.1) is 18.8 Å². The van der Waals surface area contributed by atoms with Crippen LogP contribution in [0.5, 0.6) is 0 Å². The van der Waals surface area contributed by atoms with Crippen LogP contribution in [0, 0.1) is 17.8 Å². The monoisotopic (exact) mass is 172 g/mol. The number of aliphatic hydroxyl groups is 1. The molecule has 1 saturated heterocycles. The van der Waals surface area contributed by atoms with Crippen LogP contribution in [-0.4, -0.2) is 23.9 Å². The fourth-order valence-corrected chi connectivity index (χ4v) is 1.98. The second-order valence-corrected chi connectivity index (χ2v) is 4.14. The van der Waals surface area contributed by atoms with Crippen LogP contribution in [0.25, 0.3) is 0 Å². The summed E-state index contributed by atoms with van der Waals surface area (Å²) in [5.74, 6) is 1.72. The molecule has 0 amide bonds. The van der Waals surface area contributed by atoms with Gasteiger partial charge in [-0.2, -0.15) is 0 Å². The Hall–Kier alpha value is -0.0800. The van der Waals surface area contributed by atoms with E-state index < -0.39 is 0 Å². The maximum Gasteiger partial charge on any atom is 0.0837 e. The molecule has 1 heterocycles. The Morgan fingerprint density at radius 2 is 1.58 bits per heavy atom. The number of aliphatic hydroxyl groups excluding tert-OH is 1. The van der Waals surface area contributed by atoms with Crippen molar-refractivity contribution in [3.63, 3.8) is 0 Å². The minimum atomic E-state index is 0.0474. The van der Waals surface area contributed by atoms with Crippen LogP contribution in [0.15, 0.2) is 0 Å². The van der Waals surface area contributed by atoms with Crippen LogP contribution >= 0.6 is 0 Å². The first-order valence-corrected chi connectivity index (χ1v) is 4.84. The molecule has 0 aliphatic carbocycles. The molecule has 0 saturated carbocycles. The fraction of sp³-hybridized carbons (Fsp3) is 1.00. The number of rotatable bonds is 1. The van der Waals surface area contributed by atoms with Gasteiger partial charge < -0.3 is 9.84 Å². The SMILES string of the molecule is CC1C(C)[C@H](C)OC(CO)[C@@H]1C. The first-order chi connectivity index (χ1) is 5.57. The van der Waals surface area contributed by atoms with Crippen LogP contribution in [0.4, 0.5) is 0 Å². The van der Waals surface area contributed by atoms with Crippen molar-refractivity contribution in [3.05, 3.63) is 0 Å². The van der Waals surface area contributed by atoms with Crippen LogP contribution in [0.1, 0.15) is 27.7 Å². The third kappa shape index (κ3) is 1.64. The summed E-state index contributed by atoms with van der Waals surface area (Å²) in [5, 5.41) is 9.06. The molecule has 0 aromatic rings. The van der Waals surface area contributed by atoms with Crippen LogP contribution in [0.2, 0.25) is 0 Å². The van der Waals surface area contributed by atoms with Crippen LogP contribution in [-0.2, 0) is 4.74 Å². The summed E-state index contributed by atoms with van der Waals surface area (Å²) in [4.78, 5) is 0. The number of ether oxygens (including phenoxy) is 1. The molecule has 1 aliphatic heterocycles. The Morgan fingerprint density at radius 3 is 2.08 bits per heavy atom. The van der Waals surface area contributed by atoms with Crippen molar-refractivity contribution in [1.82, 2.24) is 0 Å². The molecular weight excluding hydrogens is 152 g/mol. The van der Waals surface area contributed by atoms with Gasteiger partial charge in [-0.1, -0.05) is 20.8 Å². The van der Waals surface area contributed by atoms with Gasteiger partial charge in [0, 0.05) is 0 Å². The quantitative estimate of drug-likeness (QED) is 0.652. The smallest absolute Gasteiger partial charge is 0.0837 e. The molecule has 3 unspecified atom stereocenters. The van der Waals surface area contributed by atoms with E-state index in [9.17, 15) is 0 Å². The highest BCUT2D eigenvalue weighted by Crippen LogP contribution is 2.34. The van der Waals surface area contributed by atoms with Gasteiger partial charge >= 0.3 is 0 Å². The van der Waals surface area contributed by atoms with E-state index in [-0.39, 0.29) is 18.8 Å². The summed E-state index contributed by atoms with van der Waals surface area (Å²) in [7, 11) is 0. The lowest BCUT2D eigenvalue weighted by Crippen LogP contribution is -2.44. The third-order valence-electron chi connectivity index (χ3n) is 3.55. The molecule has 0 aromatic carbocycles. The molecule has 0 aromatic heterocycles. The van der Waals surface area contributed by atoms with Crippen molar-refractivity contribution in [2.45, 2.75) is 39.9 Å². The molecule has 1 fully saturated rings. The zero-order valence-corrected chi connectivity index (χ0v) is 8.45. The van der Waals surface area contributed by atoms with E-state index in [1.54, 1.807) is 0 Å². The van der Waals surface area contributed by atoms with Gasteiger partial charge in [-0.3, -0.25) is 0 Å². The highest BCUT2D eigenvalue weighted by molar-refractivity contribution is 4.83. The topological polar surface area (TPSA) is 29.5 Å². The molecule has 5 atom stereocenters. The highest BCUT2D eigenvalue weighted by Gasteiger charge is 2.36. The van der Waals surface area contributed by atoms with Gasteiger partial charge in [0.2, 0.25) is 0 Å². The second kappa shape index (κ2) is 3.75. The van der Waals surface area contributed by atoms with Crippen molar-refractivity contribution < 1.29 is 9.84 Å². The summed E-state index contributed by atoms with van der Waals surface area (Å²) < 4.78 is 5.68. The lowest BCUT2D eigenvalue weighted by molar-refractivity contribution is -0.140. The lowest BCUT2D eigenvalue weighted by atomic mass is 9.77. The van der Waals surface area contributed by atoms with Crippen LogP contribution in [0.3, 0.4) is 0 Å². The molecule has 12 heavy (non-hydrogen) atoms. The second-order valence-electron chi connectivity index (χ2n) is 4.14. The first kappa shape index (κ1) is 10.0. The molecule has 0 bridgehead atoms. The van der Waals surface area contributed by atoms with E-state index in [1.165, 1.54) is 0 Å². The largest absolute Gasteiger partial charge is 0.394 e. The maximum absolute atomic E-state index is 9.06. The predicted octanol–water partition coefficient (Wildman–Crippen LogP) is 1.67. The van der Waals surface area contributed by atoms with E-state index in [4.69, 9.17) is 9.84 Å². The summed E-state index contributed by atoms with van der Waals surface area (Å²) >= 11 is 0. The molecule has 2 nitrogen and oxygen atoms in total. The minimum Gasteiger partial charge on any atom is -0.394 e. The Kier molecular flexibility index (Phi) is 3.13. The Balaban J connectivity index is 2.63. The summed E-state index contributed by atoms with van der Waals surface area (Å²) in [5.41, 5.74) is 0. The van der Waals surface area contributed by atoms with Crippen LogP contribution < -0.4 is 0 Å². The Bertz CT molecular complexity index is 142. The maximum atomic E-state index is 9.06. The summed E-state index contributed by atoms with van der Waals surface area (Å²) in [6, 6.07) is 0. The summed E-state index contributed by atoms with van der Waals surface area (Å²) in [6.45, 7) is 8.88. The van der Waals surface area contributed by atoms with E-state index in [2.05, 4.69) is 27.7 Å². The van der Waals surface area contributed by atoms with Gasteiger partial charge in [-0.05, 0) is 24.7 Å². The molecule has 1 N–H and O–H groups in total. The molecule has 0 radical (unpaired) electrons. The Morgan fingerprint density at radius 1 is 1.00 bits per heavy atom. The predicted molar refractivity (Wildman–Crippen MR) is 48.9 cm³/mol. The van der Waals surface area contributed by atoms with Gasteiger partial charge in [0.1, 0.15) is 0 Å². The van der Waals surface area contributed by atoms with Crippen molar-refractivity contribution in [2.24, 2.45) is 17.8 Å². The van der Waals surface area contributed by atoms with Gasteiger partial charge in [-0.25, -0.2) is 0 Å². The average Bonchev–Trinajstić information content (AvgIpc) is 2.08. The number of hydrogen-bond acceptors (Lipinski definition) is 2. The van der Waals surface area contributed by atoms with Crippen molar-refractivity contribution in [3.8, 4) is 0 Å². The first-order valence-electron chi connectivity index (χ1n) is 4.84. The van der Waals surface area contributed by atoms with E-state index in [0.717, 1.165) is 0 Å². The Labute approximate surface area is 74.9 Å². The van der Waals surface area contributed by atoms with Crippen molar-refractivity contribution >= 4 is 0 Å². The molecule has 1 rings (SSSR count). The molecular formula is C10H20O2. The average molecular weight is 172 g/mol. The lowest BCUT2D eigenvalue weighted by Gasteiger charge is -2.41. The summed E-state index contributed by atoms with van der Waals surface area (Å²) in [6.07, 6.45) is 0.333. The van der Waals surface area contributed by atoms with Crippen molar-refractivity contribution in [2.75, 3.05) is 6.61 Å².